The van der Waals surface area contributed by atoms with E-state index in [-0.39, 0.29) is 18.5 Å². The van der Waals surface area contributed by atoms with Crippen LogP contribution in [0.3, 0.4) is 0 Å². The molecular formula is C16H21N3O3. The Morgan fingerprint density at radius 3 is 2.91 bits per heavy atom. The second kappa shape index (κ2) is 6.25. The summed E-state index contributed by atoms with van der Waals surface area (Å²) in [5.74, 6) is 0.623. The van der Waals surface area contributed by atoms with Gasteiger partial charge < -0.3 is 20.3 Å². The zero-order chi connectivity index (χ0) is 15.5. The number of hydrogen-bond acceptors (Lipinski definition) is 3. The van der Waals surface area contributed by atoms with Crippen molar-refractivity contribution in [2.24, 2.45) is 0 Å². The van der Waals surface area contributed by atoms with E-state index in [1.807, 2.05) is 18.2 Å². The van der Waals surface area contributed by atoms with Crippen molar-refractivity contribution in [1.29, 1.82) is 0 Å². The minimum absolute atomic E-state index is 0.0726. The Morgan fingerprint density at radius 2 is 2.14 bits per heavy atom. The van der Waals surface area contributed by atoms with Crippen molar-refractivity contribution in [2.75, 3.05) is 18.6 Å². The van der Waals surface area contributed by atoms with Gasteiger partial charge in [-0.25, -0.2) is 4.79 Å². The predicted molar refractivity (Wildman–Crippen MR) is 83.0 cm³/mol. The summed E-state index contributed by atoms with van der Waals surface area (Å²) in [6.45, 7) is 0.499. The molecule has 22 heavy (non-hydrogen) atoms. The van der Waals surface area contributed by atoms with E-state index in [1.165, 1.54) is 12.8 Å². The fourth-order valence-corrected chi connectivity index (χ4v) is 2.92. The molecule has 0 bridgehead atoms. The summed E-state index contributed by atoms with van der Waals surface area (Å²) in [5, 5.41) is 5.85. The molecule has 1 aliphatic carbocycles. The number of carbonyl (C=O) groups excluding carboxylic acids is 2. The largest absolute Gasteiger partial charge is 0.482 e. The standard InChI is InChI=1S/C16H21N3O3/c1-19-13-8-11(6-7-14(13)22-10-15(19)20)9-17-16(21)18-12-4-2-3-5-12/h6-8,12H,2-5,9-10H2,1H3,(H2,17,18,21). The van der Waals surface area contributed by atoms with Gasteiger partial charge in [-0.1, -0.05) is 18.9 Å². The lowest BCUT2D eigenvalue weighted by atomic mass is 10.1. The van der Waals surface area contributed by atoms with E-state index >= 15 is 0 Å². The van der Waals surface area contributed by atoms with Gasteiger partial charge in [0, 0.05) is 19.6 Å². The van der Waals surface area contributed by atoms with Crippen LogP contribution >= 0.6 is 0 Å². The number of urea groups is 1. The minimum Gasteiger partial charge on any atom is -0.482 e. The molecule has 0 saturated heterocycles. The average molecular weight is 303 g/mol. The van der Waals surface area contributed by atoms with E-state index < -0.39 is 0 Å². The van der Waals surface area contributed by atoms with Crippen LogP contribution in [-0.2, 0) is 11.3 Å². The summed E-state index contributed by atoms with van der Waals surface area (Å²) in [4.78, 5) is 25.1. The van der Waals surface area contributed by atoms with Gasteiger partial charge in [0.1, 0.15) is 5.75 Å². The predicted octanol–water partition coefficient (Wildman–Crippen LogP) is 1.78. The van der Waals surface area contributed by atoms with E-state index in [9.17, 15) is 9.59 Å². The van der Waals surface area contributed by atoms with Crippen LogP contribution < -0.4 is 20.3 Å². The molecule has 0 unspecified atom stereocenters. The molecule has 1 saturated carbocycles. The van der Waals surface area contributed by atoms with Crippen LogP contribution in [-0.4, -0.2) is 31.6 Å². The van der Waals surface area contributed by atoms with Crippen molar-refractivity contribution in [3.05, 3.63) is 23.8 Å². The monoisotopic (exact) mass is 303 g/mol. The van der Waals surface area contributed by atoms with Gasteiger partial charge in [-0.3, -0.25) is 4.79 Å². The van der Waals surface area contributed by atoms with Gasteiger partial charge in [-0.2, -0.15) is 0 Å². The van der Waals surface area contributed by atoms with Crippen molar-refractivity contribution in [2.45, 2.75) is 38.3 Å². The van der Waals surface area contributed by atoms with Gasteiger partial charge in [0.05, 0.1) is 5.69 Å². The molecule has 0 atom stereocenters. The lowest BCUT2D eigenvalue weighted by molar-refractivity contribution is -0.120. The zero-order valence-corrected chi connectivity index (χ0v) is 12.7. The number of nitrogens with one attached hydrogen (secondary N) is 2. The smallest absolute Gasteiger partial charge is 0.315 e. The molecule has 6 nitrogen and oxygen atoms in total. The molecular weight excluding hydrogens is 282 g/mol. The van der Waals surface area contributed by atoms with Crippen LogP contribution in [0.1, 0.15) is 31.2 Å². The number of hydrogen-bond donors (Lipinski definition) is 2. The maximum Gasteiger partial charge on any atom is 0.315 e. The Kier molecular flexibility index (Phi) is 4.18. The number of nitrogens with zero attached hydrogens (tertiary/aromatic N) is 1. The topological polar surface area (TPSA) is 70.7 Å². The second-order valence-electron chi connectivity index (χ2n) is 5.85. The number of amides is 3. The Morgan fingerprint density at radius 1 is 1.36 bits per heavy atom. The lowest BCUT2D eigenvalue weighted by Gasteiger charge is -2.26. The summed E-state index contributed by atoms with van der Waals surface area (Å²) in [6.07, 6.45) is 4.51. The van der Waals surface area contributed by atoms with E-state index in [2.05, 4.69) is 10.6 Å². The van der Waals surface area contributed by atoms with Crippen molar-refractivity contribution < 1.29 is 14.3 Å². The summed E-state index contributed by atoms with van der Waals surface area (Å²) in [5.41, 5.74) is 1.68. The Hall–Kier alpha value is -2.24. The third-order valence-corrected chi connectivity index (χ3v) is 4.25. The highest BCUT2D eigenvalue weighted by Gasteiger charge is 2.22. The number of ether oxygens (including phenoxy) is 1. The number of carbonyl (C=O) groups is 2. The number of fused-ring (bicyclic) bond motifs is 1. The number of anilines is 1. The zero-order valence-electron chi connectivity index (χ0n) is 12.7. The van der Waals surface area contributed by atoms with Crippen LogP contribution in [0.5, 0.6) is 5.75 Å². The summed E-state index contributed by atoms with van der Waals surface area (Å²) < 4.78 is 5.38. The molecule has 0 radical (unpaired) electrons. The highest BCUT2D eigenvalue weighted by molar-refractivity contribution is 5.97. The fraction of sp³-hybridized carbons (Fsp3) is 0.500. The first-order chi connectivity index (χ1) is 10.6. The van der Waals surface area contributed by atoms with Crippen LogP contribution in [0.4, 0.5) is 10.5 Å². The molecule has 1 aromatic carbocycles. The first-order valence-corrected chi connectivity index (χ1v) is 7.70. The molecule has 0 aromatic heterocycles. The van der Waals surface area contributed by atoms with E-state index in [0.29, 0.717) is 18.3 Å². The van der Waals surface area contributed by atoms with E-state index in [4.69, 9.17) is 4.74 Å². The quantitative estimate of drug-likeness (QED) is 0.894. The third kappa shape index (κ3) is 3.16. The Balaban J connectivity index is 1.59. The summed E-state index contributed by atoms with van der Waals surface area (Å²) in [6, 6.07) is 5.79. The minimum atomic E-state index is -0.134. The molecule has 2 aliphatic rings. The molecule has 3 amide bonds. The van der Waals surface area contributed by atoms with Crippen LogP contribution in [0.15, 0.2) is 18.2 Å². The number of benzene rings is 1. The molecule has 3 rings (SSSR count). The maximum absolute atomic E-state index is 11.9. The lowest BCUT2D eigenvalue weighted by Crippen LogP contribution is -2.40. The Bertz CT molecular complexity index is 582. The van der Waals surface area contributed by atoms with Gasteiger partial charge in [0.15, 0.2) is 6.61 Å². The summed E-state index contributed by atoms with van der Waals surface area (Å²) in [7, 11) is 1.73. The molecule has 6 heteroatoms. The first kappa shape index (κ1) is 14.7. The molecule has 2 N–H and O–H groups in total. The van der Waals surface area contributed by atoms with Gasteiger partial charge in [-0.05, 0) is 30.5 Å². The van der Waals surface area contributed by atoms with Crippen molar-refractivity contribution in [1.82, 2.24) is 10.6 Å². The number of rotatable bonds is 3. The van der Waals surface area contributed by atoms with E-state index in [0.717, 1.165) is 24.1 Å². The molecule has 1 fully saturated rings. The van der Waals surface area contributed by atoms with Crippen molar-refractivity contribution in [3.8, 4) is 5.75 Å². The van der Waals surface area contributed by atoms with Gasteiger partial charge in [0.25, 0.3) is 5.91 Å². The normalized spacial score (nSPS) is 17.9. The molecule has 1 aromatic rings. The van der Waals surface area contributed by atoms with Gasteiger partial charge >= 0.3 is 6.03 Å². The molecule has 118 valence electrons. The Labute approximate surface area is 129 Å². The van der Waals surface area contributed by atoms with Gasteiger partial charge in [-0.15, -0.1) is 0 Å². The van der Waals surface area contributed by atoms with Crippen LogP contribution in [0, 0.1) is 0 Å². The van der Waals surface area contributed by atoms with Gasteiger partial charge in [0.2, 0.25) is 0 Å². The molecule has 1 aliphatic heterocycles. The van der Waals surface area contributed by atoms with E-state index in [1.54, 1.807) is 11.9 Å². The van der Waals surface area contributed by atoms with Crippen LogP contribution in [0.2, 0.25) is 0 Å². The fourth-order valence-electron chi connectivity index (χ4n) is 2.92. The molecule has 0 spiro atoms. The summed E-state index contributed by atoms with van der Waals surface area (Å²) >= 11 is 0. The third-order valence-electron chi connectivity index (χ3n) is 4.25. The van der Waals surface area contributed by atoms with Crippen molar-refractivity contribution in [3.63, 3.8) is 0 Å². The number of likely N-dealkylation sites (N-methyl/N-ethyl adjacent to an activating group) is 1. The highest BCUT2D eigenvalue weighted by Crippen LogP contribution is 2.31. The average Bonchev–Trinajstić information content (AvgIpc) is 3.02. The highest BCUT2D eigenvalue weighted by atomic mass is 16.5. The first-order valence-electron chi connectivity index (χ1n) is 7.70. The van der Waals surface area contributed by atoms with Crippen LogP contribution in [0.25, 0.3) is 0 Å². The van der Waals surface area contributed by atoms with Crippen molar-refractivity contribution >= 4 is 17.6 Å². The second-order valence-corrected chi connectivity index (χ2v) is 5.85. The molecule has 1 heterocycles. The maximum atomic E-state index is 11.9. The SMILES string of the molecule is CN1C(=O)COc2ccc(CNC(=O)NC3CCCC3)cc21.